The van der Waals surface area contributed by atoms with Crippen LogP contribution in [0.4, 0.5) is 0 Å². The number of para-hydroxylation sites is 1. The molecule has 4 heteroatoms. The van der Waals surface area contributed by atoms with Crippen molar-refractivity contribution in [1.82, 2.24) is 0 Å². The molecule has 90 valence electrons. The lowest BCUT2D eigenvalue weighted by Crippen LogP contribution is -1.98. The van der Waals surface area contributed by atoms with E-state index in [9.17, 15) is 0 Å². The summed E-state index contributed by atoms with van der Waals surface area (Å²) in [6.45, 7) is 0.233. The highest BCUT2D eigenvalue weighted by Crippen LogP contribution is 2.26. The molecule has 18 heavy (non-hydrogen) atoms. The van der Waals surface area contributed by atoms with E-state index in [1.54, 1.807) is 36.4 Å². The van der Waals surface area contributed by atoms with Crippen LogP contribution < -0.4 is 4.74 Å². The minimum Gasteiger partial charge on any atom is -0.487 e. The molecule has 2 aromatic rings. The second-order valence-electron chi connectivity index (χ2n) is 3.60. The van der Waals surface area contributed by atoms with E-state index in [1.165, 1.54) is 0 Å². The summed E-state index contributed by atoms with van der Waals surface area (Å²) in [4.78, 5) is 0. The molecule has 0 unspecified atom stereocenters. The molecule has 0 saturated carbocycles. The Kier molecular flexibility index (Phi) is 4.09. The van der Waals surface area contributed by atoms with E-state index in [1.807, 2.05) is 6.07 Å². The molecule has 0 N–H and O–H groups in total. The van der Waals surface area contributed by atoms with Crippen molar-refractivity contribution in [2.24, 2.45) is 0 Å². The van der Waals surface area contributed by atoms with Gasteiger partial charge in [0.15, 0.2) is 0 Å². The topological polar surface area (TPSA) is 33.0 Å². The molecule has 0 atom stereocenters. The van der Waals surface area contributed by atoms with Crippen LogP contribution in [0.25, 0.3) is 0 Å². The number of rotatable bonds is 3. The fraction of sp³-hybridized carbons (Fsp3) is 0.0714. The molecular weight excluding hydrogens is 269 g/mol. The summed E-state index contributed by atoms with van der Waals surface area (Å²) in [6.07, 6.45) is 0. The second-order valence-corrected chi connectivity index (χ2v) is 4.41. The molecule has 0 amide bonds. The van der Waals surface area contributed by atoms with Crippen LogP contribution in [0, 0.1) is 11.3 Å². The van der Waals surface area contributed by atoms with Crippen molar-refractivity contribution in [3.8, 4) is 11.8 Å². The smallest absolute Gasteiger partial charge is 0.137 e. The normalized spacial score (nSPS) is 9.83. The van der Waals surface area contributed by atoms with Gasteiger partial charge >= 0.3 is 0 Å². The monoisotopic (exact) mass is 277 g/mol. The maximum Gasteiger partial charge on any atom is 0.137 e. The van der Waals surface area contributed by atoms with Crippen LogP contribution in [0.15, 0.2) is 42.5 Å². The molecule has 0 aliphatic heterocycles. The molecular formula is C14H9Cl2NO. The first-order valence-electron chi connectivity index (χ1n) is 5.27. The number of hydrogen-bond acceptors (Lipinski definition) is 2. The summed E-state index contributed by atoms with van der Waals surface area (Å²) >= 11 is 12.1. The van der Waals surface area contributed by atoms with Crippen LogP contribution in [-0.2, 0) is 6.61 Å². The lowest BCUT2D eigenvalue weighted by Gasteiger charge is -2.10. The van der Waals surface area contributed by atoms with Crippen LogP contribution in [0.2, 0.25) is 10.0 Å². The predicted molar refractivity (Wildman–Crippen MR) is 72.0 cm³/mol. The van der Waals surface area contributed by atoms with E-state index in [-0.39, 0.29) is 6.61 Å². The lowest BCUT2D eigenvalue weighted by atomic mass is 10.2. The van der Waals surface area contributed by atoms with Gasteiger partial charge in [0, 0.05) is 15.6 Å². The number of halogens is 2. The molecule has 0 spiro atoms. The molecule has 0 saturated heterocycles. The minimum absolute atomic E-state index is 0.233. The Bertz CT molecular complexity index is 585. The van der Waals surface area contributed by atoms with E-state index in [0.29, 0.717) is 26.9 Å². The van der Waals surface area contributed by atoms with Gasteiger partial charge in [-0.05, 0) is 24.3 Å². The summed E-state index contributed by atoms with van der Waals surface area (Å²) < 4.78 is 5.58. The lowest BCUT2D eigenvalue weighted by molar-refractivity contribution is 0.305. The average Bonchev–Trinajstić information content (AvgIpc) is 2.38. The quantitative estimate of drug-likeness (QED) is 0.831. The third-order valence-corrected chi connectivity index (χ3v) is 3.15. The van der Waals surface area contributed by atoms with Crippen LogP contribution in [0.1, 0.15) is 11.1 Å². The summed E-state index contributed by atoms with van der Waals surface area (Å²) in [5.74, 6) is 0.524. The minimum atomic E-state index is 0.233. The van der Waals surface area contributed by atoms with Crippen molar-refractivity contribution in [2.75, 3.05) is 0 Å². The second kappa shape index (κ2) is 5.77. The molecule has 2 aromatic carbocycles. The zero-order valence-corrected chi connectivity index (χ0v) is 10.9. The average molecular weight is 278 g/mol. The van der Waals surface area contributed by atoms with Gasteiger partial charge in [-0.3, -0.25) is 0 Å². The maximum atomic E-state index is 8.94. The molecule has 0 heterocycles. The van der Waals surface area contributed by atoms with Crippen LogP contribution in [0.3, 0.4) is 0 Å². The Balaban J connectivity index is 2.20. The highest BCUT2D eigenvalue weighted by Gasteiger charge is 2.08. The molecule has 2 nitrogen and oxygen atoms in total. The van der Waals surface area contributed by atoms with Gasteiger partial charge in [-0.25, -0.2) is 0 Å². The van der Waals surface area contributed by atoms with Crippen LogP contribution in [0.5, 0.6) is 5.75 Å². The highest BCUT2D eigenvalue weighted by molar-refractivity contribution is 6.35. The highest BCUT2D eigenvalue weighted by atomic mass is 35.5. The van der Waals surface area contributed by atoms with E-state index in [2.05, 4.69) is 6.07 Å². The van der Waals surface area contributed by atoms with Gasteiger partial charge < -0.3 is 4.74 Å². The van der Waals surface area contributed by atoms with Crippen LogP contribution >= 0.6 is 23.2 Å². The third-order valence-electron chi connectivity index (χ3n) is 2.44. The Morgan fingerprint density at radius 1 is 1.00 bits per heavy atom. The first kappa shape index (κ1) is 12.8. The van der Waals surface area contributed by atoms with Crippen molar-refractivity contribution in [3.05, 3.63) is 63.6 Å². The van der Waals surface area contributed by atoms with Gasteiger partial charge in [-0.1, -0.05) is 41.4 Å². The molecule has 0 aromatic heterocycles. The zero-order chi connectivity index (χ0) is 13.0. The summed E-state index contributed by atoms with van der Waals surface area (Å²) in [7, 11) is 0. The largest absolute Gasteiger partial charge is 0.487 e. The molecule has 0 fully saturated rings. The molecule has 0 aliphatic rings. The fourth-order valence-electron chi connectivity index (χ4n) is 1.51. The van der Waals surface area contributed by atoms with Gasteiger partial charge in [0.25, 0.3) is 0 Å². The van der Waals surface area contributed by atoms with Crippen molar-refractivity contribution >= 4 is 23.2 Å². The number of ether oxygens (including phenoxy) is 1. The third kappa shape index (κ3) is 2.76. The Morgan fingerprint density at radius 2 is 1.67 bits per heavy atom. The van der Waals surface area contributed by atoms with E-state index in [4.69, 9.17) is 33.2 Å². The molecule has 0 radical (unpaired) electrons. The first-order valence-corrected chi connectivity index (χ1v) is 6.03. The number of nitrogens with zero attached hydrogens (tertiary/aromatic N) is 1. The van der Waals surface area contributed by atoms with Crippen molar-refractivity contribution in [3.63, 3.8) is 0 Å². The van der Waals surface area contributed by atoms with Gasteiger partial charge in [0.2, 0.25) is 0 Å². The maximum absolute atomic E-state index is 8.94. The molecule has 0 aliphatic carbocycles. The Labute approximate surface area is 115 Å². The standard InChI is InChI=1S/C14H9Cl2NO/c15-12-5-3-6-13(16)11(12)9-18-14-7-2-1-4-10(14)8-17/h1-7H,9H2. The van der Waals surface area contributed by atoms with Gasteiger partial charge in [0.1, 0.15) is 18.4 Å². The van der Waals surface area contributed by atoms with Crippen LogP contribution in [-0.4, -0.2) is 0 Å². The first-order chi connectivity index (χ1) is 8.72. The van der Waals surface area contributed by atoms with Crippen molar-refractivity contribution in [2.45, 2.75) is 6.61 Å². The molecule has 2 rings (SSSR count). The Hall–Kier alpha value is -1.69. The van der Waals surface area contributed by atoms with E-state index >= 15 is 0 Å². The van der Waals surface area contributed by atoms with Gasteiger partial charge in [-0.15, -0.1) is 0 Å². The van der Waals surface area contributed by atoms with Gasteiger partial charge in [-0.2, -0.15) is 5.26 Å². The zero-order valence-electron chi connectivity index (χ0n) is 9.36. The number of hydrogen-bond donors (Lipinski definition) is 0. The summed E-state index contributed by atoms with van der Waals surface area (Å²) in [5, 5.41) is 10.0. The van der Waals surface area contributed by atoms with Crippen molar-refractivity contribution in [1.29, 1.82) is 5.26 Å². The van der Waals surface area contributed by atoms with E-state index < -0.39 is 0 Å². The predicted octanol–water partition coefficient (Wildman–Crippen LogP) is 4.44. The summed E-state index contributed by atoms with van der Waals surface area (Å²) in [5.41, 5.74) is 1.20. The fourth-order valence-corrected chi connectivity index (χ4v) is 2.01. The van der Waals surface area contributed by atoms with Gasteiger partial charge in [0.05, 0.1) is 5.56 Å². The number of benzene rings is 2. The van der Waals surface area contributed by atoms with Crippen molar-refractivity contribution < 1.29 is 4.74 Å². The molecule has 0 bridgehead atoms. The number of nitriles is 1. The Morgan fingerprint density at radius 3 is 2.33 bits per heavy atom. The van der Waals surface area contributed by atoms with E-state index in [0.717, 1.165) is 0 Å². The summed E-state index contributed by atoms with van der Waals surface area (Å²) in [6, 6.07) is 14.4. The SMILES string of the molecule is N#Cc1ccccc1OCc1c(Cl)cccc1Cl.